The third kappa shape index (κ3) is 1.60. The van der Waals surface area contributed by atoms with E-state index in [2.05, 4.69) is 0 Å². The molecule has 64 valence electrons. The normalized spacial score (nSPS) is 9.75. The van der Waals surface area contributed by atoms with Crippen molar-refractivity contribution in [2.75, 3.05) is 0 Å². The van der Waals surface area contributed by atoms with Crippen molar-refractivity contribution in [1.82, 2.24) is 0 Å². The Kier molecular flexibility index (Phi) is 2.41. The average Bonchev–Trinajstić information content (AvgIpc) is 1.82. The molecule has 0 aliphatic carbocycles. The lowest BCUT2D eigenvalue weighted by Gasteiger charge is -2.02. The first-order valence-corrected chi connectivity index (χ1v) is 4.05. The number of carboxylic acid groups (broad SMARTS) is 1. The quantitative estimate of drug-likeness (QED) is 0.679. The van der Waals surface area contributed by atoms with Gasteiger partial charge in [0.15, 0.2) is 0 Å². The SMILES string of the molecule is O=C(O)c1c(O)cc(I)cc1O. The number of benzene rings is 1. The topological polar surface area (TPSA) is 77.8 Å². The predicted molar refractivity (Wildman–Crippen MR) is 49.4 cm³/mol. The Hall–Kier alpha value is -0.980. The maximum Gasteiger partial charge on any atom is 0.343 e. The summed E-state index contributed by atoms with van der Waals surface area (Å²) in [6, 6.07) is 2.54. The molecule has 12 heavy (non-hydrogen) atoms. The van der Waals surface area contributed by atoms with Gasteiger partial charge in [-0.2, -0.15) is 0 Å². The molecule has 0 saturated heterocycles. The zero-order valence-corrected chi connectivity index (χ0v) is 7.94. The number of carbonyl (C=O) groups is 1. The maximum absolute atomic E-state index is 10.4. The van der Waals surface area contributed by atoms with Crippen LogP contribution in [0, 0.1) is 3.57 Å². The van der Waals surface area contributed by atoms with Crippen molar-refractivity contribution in [3.63, 3.8) is 0 Å². The van der Waals surface area contributed by atoms with Crippen LogP contribution in [0.2, 0.25) is 0 Å². The van der Waals surface area contributed by atoms with Gasteiger partial charge in [0.05, 0.1) is 0 Å². The highest BCUT2D eigenvalue weighted by Crippen LogP contribution is 2.29. The highest BCUT2D eigenvalue weighted by molar-refractivity contribution is 14.1. The molecule has 1 aromatic rings. The van der Waals surface area contributed by atoms with Crippen LogP contribution in [0.25, 0.3) is 0 Å². The van der Waals surface area contributed by atoms with Crippen LogP contribution in [0.3, 0.4) is 0 Å². The van der Waals surface area contributed by atoms with E-state index < -0.39 is 23.0 Å². The van der Waals surface area contributed by atoms with Crippen LogP contribution in [-0.4, -0.2) is 21.3 Å². The average molecular weight is 280 g/mol. The number of aromatic carboxylic acids is 1. The third-order valence-corrected chi connectivity index (χ3v) is 1.90. The Morgan fingerprint density at radius 1 is 1.25 bits per heavy atom. The predicted octanol–water partition coefficient (Wildman–Crippen LogP) is 1.40. The number of rotatable bonds is 1. The van der Waals surface area contributed by atoms with Gasteiger partial charge in [-0.3, -0.25) is 0 Å². The summed E-state index contributed by atoms with van der Waals surface area (Å²) in [5, 5.41) is 26.7. The molecule has 0 saturated carbocycles. The molecule has 0 unspecified atom stereocenters. The highest BCUT2D eigenvalue weighted by Gasteiger charge is 2.15. The van der Waals surface area contributed by atoms with E-state index in [-0.39, 0.29) is 0 Å². The van der Waals surface area contributed by atoms with Crippen LogP contribution in [0.4, 0.5) is 0 Å². The first-order chi connectivity index (χ1) is 5.52. The van der Waals surface area contributed by atoms with Crippen LogP contribution in [0.5, 0.6) is 11.5 Å². The summed E-state index contributed by atoms with van der Waals surface area (Å²) in [7, 11) is 0. The minimum atomic E-state index is -1.35. The molecule has 4 nitrogen and oxygen atoms in total. The Balaban J connectivity index is 3.38. The van der Waals surface area contributed by atoms with Gasteiger partial charge in [-0.05, 0) is 34.7 Å². The molecule has 0 bridgehead atoms. The van der Waals surface area contributed by atoms with Crippen molar-refractivity contribution >= 4 is 28.6 Å². The van der Waals surface area contributed by atoms with E-state index in [0.717, 1.165) is 0 Å². The Labute approximate surface area is 81.6 Å². The number of carboxylic acids is 1. The fraction of sp³-hybridized carbons (Fsp3) is 0. The largest absolute Gasteiger partial charge is 0.507 e. The van der Waals surface area contributed by atoms with E-state index in [0.29, 0.717) is 3.57 Å². The van der Waals surface area contributed by atoms with E-state index in [4.69, 9.17) is 15.3 Å². The molecule has 0 radical (unpaired) electrons. The monoisotopic (exact) mass is 280 g/mol. The van der Waals surface area contributed by atoms with E-state index in [9.17, 15) is 4.79 Å². The zero-order chi connectivity index (χ0) is 9.30. The number of aromatic hydroxyl groups is 2. The molecule has 5 heteroatoms. The molecule has 0 aliphatic heterocycles. The molecule has 0 spiro atoms. The lowest BCUT2D eigenvalue weighted by atomic mass is 10.2. The van der Waals surface area contributed by atoms with Gasteiger partial charge in [-0.25, -0.2) is 4.79 Å². The molecule has 0 atom stereocenters. The van der Waals surface area contributed by atoms with Gasteiger partial charge < -0.3 is 15.3 Å². The standard InChI is InChI=1S/C7H5IO4/c8-3-1-4(9)6(7(11)12)5(10)2-3/h1-2,9-10H,(H,11,12). The molecule has 1 rings (SSSR count). The Morgan fingerprint density at radius 2 is 1.67 bits per heavy atom. The smallest absolute Gasteiger partial charge is 0.343 e. The van der Waals surface area contributed by atoms with E-state index >= 15 is 0 Å². The van der Waals surface area contributed by atoms with Crippen molar-refractivity contribution in [2.45, 2.75) is 0 Å². The number of phenols is 2. The first kappa shape index (κ1) is 9.11. The fourth-order valence-electron chi connectivity index (χ4n) is 0.798. The molecule has 3 N–H and O–H groups in total. The summed E-state index contributed by atoms with van der Waals surface area (Å²) in [5.74, 6) is -2.19. The van der Waals surface area contributed by atoms with Crippen LogP contribution >= 0.6 is 22.6 Å². The summed E-state index contributed by atoms with van der Waals surface area (Å²) in [4.78, 5) is 10.4. The van der Waals surface area contributed by atoms with E-state index in [1.165, 1.54) is 12.1 Å². The van der Waals surface area contributed by atoms with Crippen LogP contribution < -0.4 is 0 Å². The first-order valence-electron chi connectivity index (χ1n) is 2.97. The minimum absolute atomic E-state index is 0.424. The van der Waals surface area contributed by atoms with E-state index in [1.54, 1.807) is 0 Å². The van der Waals surface area contributed by atoms with Crippen molar-refractivity contribution in [1.29, 1.82) is 0 Å². The van der Waals surface area contributed by atoms with Crippen LogP contribution in [-0.2, 0) is 0 Å². The van der Waals surface area contributed by atoms with Gasteiger partial charge >= 0.3 is 5.97 Å². The van der Waals surface area contributed by atoms with Crippen molar-refractivity contribution in [3.8, 4) is 11.5 Å². The summed E-state index contributed by atoms with van der Waals surface area (Å²) >= 11 is 1.86. The number of hydrogen-bond donors (Lipinski definition) is 3. The molecule has 0 aromatic heterocycles. The van der Waals surface area contributed by atoms with Gasteiger partial charge in [0.1, 0.15) is 17.1 Å². The lowest BCUT2D eigenvalue weighted by Crippen LogP contribution is -1.97. The molecule has 0 amide bonds. The van der Waals surface area contributed by atoms with Crippen molar-refractivity contribution in [2.24, 2.45) is 0 Å². The fourth-order valence-corrected chi connectivity index (χ4v) is 1.39. The molecule has 1 aromatic carbocycles. The van der Waals surface area contributed by atoms with Gasteiger partial charge in [-0.15, -0.1) is 0 Å². The van der Waals surface area contributed by atoms with Gasteiger partial charge in [-0.1, -0.05) is 0 Å². The second kappa shape index (κ2) is 3.18. The Morgan fingerprint density at radius 3 is 2.00 bits per heavy atom. The molecule has 0 fully saturated rings. The lowest BCUT2D eigenvalue weighted by molar-refractivity contribution is 0.0690. The van der Waals surface area contributed by atoms with E-state index in [1.807, 2.05) is 22.6 Å². The van der Waals surface area contributed by atoms with Crippen molar-refractivity contribution in [3.05, 3.63) is 21.3 Å². The number of halogens is 1. The second-order valence-electron chi connectivity index (χ2n) is 2.12. The summed E-state index contributed by atoms with van der Waals surface area (Å²) in [6.07, 6.45) is 0. The van der Waals surface area contributed by atoms with Gasteiger partial charge in [0.25, 0.3) is 0 Å². The van der Waals surface area contributed by atoms with Crippen LogP contribution in [0.15, 0.2) is 12.1 Å². The summed E-state index contributed by atoms with van der Waals surface area (Å²) in [5.41, 5.74) is -0.463. The molecule has 0 heterocycles. The molecular formula is C7H5IO4. The zero-order valence-electron chi connectivity index (χ0n) is 5.78. The Bertz CT molecular complexity index is 311. The molecule has 0 aliphatic rings. The minimum Gasteiger partial charge on any atom is -0.507 e. The second-order valence-corrected chi connectivity index (χ2v) is 3.37. The highest BCUT2D eigenvalue weighted by atomic mass is 127. The van der Waals surface area contributed by atoms with Gasteiger partial charge in [0.2, 0.25) is 0 Å². The molecular weight excluding hydrogens is 275 g/mol. The third-order valence-electron chi connectivity index (χ3n) is 1.28. The number of hydrogen-bond acceptors (Lipinski definition) is 3. The van der Waals surface area contributed by atoms with Crippen molar-refractivity contribution < 1.29 is 20.1 Å². The van der Waals surface area contributed by atoms with Gasteiger partial charge in [0, 0.05) is 3.57 Å². The summed E-state index contributed by atoms with van der Waals surface area (Å²) < 4.78 is 0.576. The maximum atomic E-state index is 10.4. The van der Waals surface area contributed by atoms with Crippen LogP contribution in [0.1, 0.15) is 10.4 Å². The summed E-state index contributed by atoms with van der Waals surface area (Å²) in [6.45, 7) is 0.